The van der Waals surface area contributed by atoms with Crippen molar-refractivity contribution in [2.75, 3.05) is 47.4 Å². The molecule has 1 rings (SSSR count). The molecule has 0 aliphatic heterocycles. The minimum atomic E-state index is -0.134. The van der Waals surface area contributed by atoms with Gasteiger partial charge in [0.2, 0.25) is 11.8 Å². The van der Waals surface area contributed by atoms with Crippen molar-refractivity contribution >= 4 is 11.8 Å². The zero-order chi connectivity index (χ0) is 17.9. The Kier molecular flexibility index (Phi) is 8.86. The molecule has 6 heteroatoms. The van der Waals surface area contributed by atoms with Gasteiger partial charge in [-0.25, -0.2) is 0 Å². The molecule has 134 valence electrons. The molecule has 0 aliphatic carbocycles. The average molecular weight is 335 g/mol. The molecule has 1 aromatic rings. The van der Waals surface area contributed by atoms with Crippen LogP contribution in [0.5, 0.6) is 5.75 Å². The molecule has 0 saturated carbocycles. The predicted octanol–water partition coefficient (Wildman–Crippen LogP) is 1.15. The predicted molar refractivity (Wildman–Crippen MR) is 95.1 cm³/mol. The van der Waals surface area contributed by atoms with Gasteiger partial charge >= 0.3 is 0 Å². The fraction of sp³-hybridized carbons (Fsp3) is 0.556. The number of para-hydroxylation sites is 1. The molecule has 0 radical (unpaired) electrons. The quantitative estimate of drug-likeness (QED) is 0.697. The highest BCUT2D eigenvalue weighted by atomic mass is 16.5. The average Bonchev–Trinajstić information content (AvgIpc) is 2.54. The van der Waals surface area contributed by atoms with Gasteiger partial charge in [-0.05, 0) is 45.1 Å². The SMILES string of the molecule is COc1ccccc1CCNC(=O)CN(CCCN(C)C)C(C)=O. The summed E-state index contributed by atoms with van der Waals surface area (Å²) < 4.78 is 5.29. The van der Waals surface area contributed by atoms with E-state index in [0.717, 1.165) is 24.3 Å². The smallest absolute Gasteiger partial charge is 0.239 e. The molecule has 0 atom stereocenters. The second-order valence-electron chi connectivity index (χ2n) is 6.01. The van der Waals surface area contributed by atoms with Crippen LogP contribution >= 0.6 is 0 Å². The summed E-state index contributed by atoms with van der Waals surface area (Å²) in [5.74, 6) is 0.611. The van der Waals surface area contributed by atoms with Crippen LogP contribution in [0, 0.1) is 0 Å². The molecule has 0 aliphatic rings. The van der Waals surface area contributed by atoms with Crippen LogP contribution in [0.2, 0.25) is 0 Å². The van der Waals surface area contributed by atoms with Gasteiger partial charge in [-0.3, -0.25) is 9.59 Å². The molecule has 6 nitrogen and oxygen atoms in total. The molecule has 1 aromatic carbocycles. The Labute approximate surface area is 144 Å². The van der Waals surface area contributed by atoms with E-state index < -0.39 is 0 Å². The van der Waals surface area contributed by atoms with Crippen LogP contribution in [-0.2, 0) is 16.0 Å². The maximum Gasteiger partial charge on any atom is 0.239 e. The number of rotatable bonds is 10. The van der Waals surface area contributed by atoms with Crippen LogP contribution in [0.3, 0.4) is 0 Å². The number of hydrogen-bond donors (Lipinski definition) is 1. The molecule has 0 spiro atoms. The van der Waals surface area contributed by atoms with E-state index in [0.29, 0.717) is 19.5 Å². The number of benzene rings is 1. The summed E-state index contributed by atoms with van der Waals surface area (Å²) in [7, 11) is 5.61. The molecule has 0 unspecified atom stereocenters. The molecule has 2 amide bonds. The summed E-state index contributed by atoms with van der Waals surface area (Å²) in [5.41, 5.74) is 1.05. The molecule has 1 N–H and O–H groups in total. The zero-order valence-electron chi connectivity index (χ0n) is 15.2. The van der Waals surface area contributed by atoms with E-state index >= 15 is 0 Å². The third-order valence-corrected chi connectivity index (χ3v) is 3.72. The second-order valence-corrected chi connectivity index (χ2v) is 6.01. The zero-order valence-corrected chi connectivity index (χ0v) is 15.2. The van der Waals surface area contributed by atoms with Crippen molar-refractivity contribution in [3.05, 3.63) is 29.8 Å². The molecule has 0 heterocycles. The second kappa shape index (κ2) is 10.6. The number of nitrogens with zero attached hydrogens (tertiary/aromatic N) is 2. The lowest BCUT2D eigenvalue weighted by atomic mass is 10.1. The summed E-state index contributed by atoms with van der Waals surface area (Å²) in [6.45, 7) is 3.60. The Morgan fingerprint density at radius 3 is 2.50 bits per heavy atom. The van der Waals surface area contributed by atoms with Crippen LogP contribution in [-0.4, -0.2) is 69.0 Å². The Morgan fingerprint density at radius 1 is 1.17 bits per heavy atom. The van der Waals surface area contributed by atoms with Crippen molar-refractivity contribution in [1.82, 2.24) is 15.1 Å². The third kappa shape index (κ3) is 7.46. The monoisotopic (exact) mass is 335 g/mol. The first-order chi connectivity index (χ1) is 11.4. The summed E-state index contributed by atoms with van der Waals surface area (Å²) >= 11 is 0. The first-order valence-corrected chi connectivity index (χ1v) is 8.23. The van der Waals surface area contributed by atoms with Gasteiger partial charge in [0, 0.05) is 20.0 Å². The number of methoxy groups -OCH3 is 1. The lowest BCUT2D eigenvalue weighted by Crippen LogP contribution is -2.41. The molecule has 0 aromatic heterocycles. The first kappa shape index (κ1) is 20.0. The van der Waals surface area contributed by atoms with Crippen LogP contribution in [0.25, 0.3) is 0 Å². The number of hydrogen-bond acceptors (Lipinski definition) is 4. The highest BCUT2D eigenvalue weighted by Crippen LogP contribution is 2.17. The van der Waals surface area contributed by atoms with E-state index in [1.54, 1.807) is 12.0 Å². The number of ether oxygens (including phenoxy) is 1. The van der Waals surface area contributed by atoms with E-state index in [1.165, 1.54) is 6.92 Å². The van der Waals surface area contributed by atoms with E-state index in [1.807, 2.05) is 38.4 Å². The van der Waals surface area contributed by atoms with Gasteiger partial charge in [-0.15, -0.1) is 0 Å². The van der Waals surface area contributed by atoms with Crippen LogP contribution < -0.4 is 10.1 Å². The highest BCUT2D eigenvalue weighted by Gasteiger charge is 2.13. The topological polar surface area (TPSA) is 61.9 Å². The first-order valence-electron chi connectivity index (χ1n) is 8.23. The third-order valence-electron chi connectivity index (χ3n) is 3.72. The molecule has 0 saturated heterocycles. The normalized spacial score (nSPS) is 10.5. The van der Waals surface area contributed by atoms with Gasteiger partial charge in [0.1, 0.15) is 5.75 Å². The van der Waals surface area contributed by atoms with Crippen molar-refractivity contribution in [2.45, 2.75) is 19.8 Å². The Morgan fingerprint density at radius 2 is 1.88 bits per heavy atom. The minimum absolute atomic E-state index is 0.0753. The highest BCUT2D eigenvalue weighted by molar-refractivity contribution is 5.83. The Balaban J connectivity index is 2.39. The van der Waals surface area contributed by atoms with Crippen LogP contribution in [0.4, 0.5) is 0 Å². The summed E-state index contributed by atoms with van der Waals surface area (Å²) in [6, 6.07) is 7.74. The van der Waals surface area contributed by atoms with Crippen molar-refractivity contribution in [2.24, 2.45) is 0 Å². The number of nitrogens with one attached hydrogen (secondary N) is 1. The fourth-order valence-corrected chi connectivity index (χ4v) is 2.40. The van der Waals surface area contributed by atoms with Gasteiger partial charge in [0.15, 0.2) is 0 Å². The number of carbonyl (C=O) groups is 2. The van der Waals surface area contributed by atoms with Crippen LogP contribution in [0.15, 0.2) is 24.3 Å². The molecule has 24 heavy (non-hydrogen) atoms. The maximum atomic E-state index is 12.1. The molecular formula is C18H29N3O3. The van der Waals surface area contributed by atoms with E-state index in [9.17, 15) is 9.59 Å². The summed E-state index contributed by atoms with van der Waals surface area (Å²) in [4.78, 5) is 27.3. The lowest BCUT2D eigenvalue weighted by molar-refractivity contribution is -0.134. The van der Waals surface area contributed by atoms with Crippen molar-refractivity contribution in [3.63, 3.8) is 0 Å². The molecular weight excluding hydrogens is 306 g/mol. The van der Waals surface area contributed by atoms with Crippen molar-refractivity contribution in [1.29, 1.82) is 0 Å². The fourth-order valence-electron chi connectivity index (χ4n) is 2.40. The Hall–Kier alpha value is -2.08. The maximum absolute atomic E-state index is 12.1. The van der Waals surface area contributed by atoms with E-state index in [-0.39, 0.29) is 18.4 Å². The number of amides is 2. The standard InChI is InChI=1S/C18H29N3O3/c1-15(22)21(13-7-12-20(2)3)14-18(23)19-11-10-16-8-5-6-9-17(16)24-4/h5-6,8-9H,7,10-14H2,1-4H3,(H,19,23). The lowest BCUT2D eigenvalue weighted by Gasteiger charge is -2.21. The Bertz CT molecular complexity index is 532. The largest absolute Gasteiger partial charge is 0.496 e. The van der Waals surface area contributed by atoms with Gasteiger partial charge in [-0.2, -0.15) is 0 Å². The minimum Gasteiger partial charge on any atom is -0.496 e. The van der Waals surface area contributed by atoms with Gasteiger partial charge in [0.25, 0.3) is 0 Å². The van der Waals surface area contributed by atoms with Crippen LogP contribution in [0.1, 0.15) is 18.9 Å². The number of carbonyl (C=O) groups excluding carboxylic acids is 2. The van der Waals surface area contributed by atoms with Gasteiger partial charge < -0.3 is 19.9 Å². The molecule has 0 bridgehead atoms. The molecule has 0 fully saturated rings. The summed E-state index contributed by atoms with van der Waals surface area (Å²) in [5, 5.41) is 2.87. The van der Waals surface area contributed by atoms with Gasteiger partial charge in [0.05, 0.1) is 13.7 Å². The van der Waals surface area contributed by atoms with Crippen molar-refractivity contribution < 1.29 is 14.3 Å². The van der Waals surface area contributed by atoms with Gasteiger partial charge in [-0.1, -0.05) is 18.2 Å². The van der Waals surface area contributed by atoms with Crippen molar-refractivity contribution in [3.8, 4) is 5.75 Å². The summed E-state index contributed by atoms with van der Waals surface area (Å²) in [6.07, 6.45) is 1.54. The van der Waals surface area contributed by atoms with E-state index in [4.69, 9.17) is 4.74 Å². The van der Waals surface area contributed by atoms with E-state index in [2.05, 4.69) is 10.2 Å².